The second-order valence-electron chi connectivity index (χ2n) is 6.55. The number of nitrogens with one attached hydrogen (secondary N) is 1. The van der Waals surface area contributed by atoms with E-state index in [9.17, 15) is 9.59 Å². The Balaban J connectivity index is 2.10. The van der Waals surface area contributed by atoms with Crippen LogP contribution in [0.5, 0.6) is 0 Å². The number of amides is 2. The second kappa shape index (κ2) is 9.43. The van der Waals surface area contributed by atoms with Gasteiger partial charge in [0.15, 0.2) is 0 Å². The standard InChI is InChI=1S/C21H26N2O2S/c1-5-15(2)19(16-9-7-6-8-10-16)20(24)22-17-11-13-18(14-12-17)26-21(25)23(3)4/h6-15,19H,5H2,1-4H3,(H,22,24). The Morgan fingerprint density at radius 2 is 1.65 bits per heavy atom. The van der Waals surface area contributed by atoms with E-state index in [1.54, 1.807) is 14.1 Å². The van der Waals surface area contributed by atoms with Crippen LogP contribution in [0.25, 0.3) is 0 Å². The van der Waals surface area contributed by atoms with Gasteiger partial charge in [-0.2, -0.15) is 0 Å². The lowest BCUT2D eigenvalue weighted by Crippen LogP contribution is -2.26. The molecule has 1 N–H and O–H groups in total. The highest BCUT2D eigenvalue weighted by molar-refractivity contribution is 8.13. The lowest BCUT2D eigenvalue weighted by Gasteiger charge is -2.23. The fourth-order valence-corrected chi connectivity index (χ4v) is 3.31. The Morgan fingerprint density at radius 1 is 1.04 bits per heavy atom. The zero-order valence-corrected chi connectivity index (χ0v) is 16.5. The summed E-state index contributed by atoms with van der Waals surface area (Å²) in [6, 6.07) is 17.3. The lowest BCUT2D eigenvalue weighted by atomic mass is 9.85. The van der Waals surface area contributed by atoms with Gasteiger partial charge in [0, 0.05) is 24.7 Å². The molecule has 0 radical (unpaired) electrons. The third-order valence-corrected chi connectivity index (χ3v) is 5.39. The fourth-order valence-electron chi connectivity index (χ4n) is 2.65. The number of hydrogen-bond acceptors (Lipinski definition) is 3. The van der Waals surface area contributed by atoms with Crippen molar-refractivity contribution < 1.29 is 9.59 Å². The molecule has 0 aromatic heterocycles. The topological polar surface area (TPSA) is 49.4 Å². The Bertz CT molecular complexity index is 729. The van der Waals surface area contributed by atoms with Gasteiger partial charge in [-0.25, -0.2) is 0 Å². The number of nitrogens with zero attached hydrogens (tertiary/aromatic N) is 1. The maximum Gasteiger partial charge on any atom is 0.285 e. The molecule has 0 spiro atoms. The summed E-state index contributed by atoms with van der Waals surface area (Å²) in [5.41, 5.74) is 1.77. The van der Waals surface area contributed by atoms with E-state index in [4.69, 9.17) is 0 Å². The van der Waals surface area contributed by atoms with Crippen LogP contribution in [0.2, 0.25) is 0 Å². The molecule has 0 fully saturated rings. The van der Waals surface area contributed by atoms with Crippen LogP contribution in [0.15, 0.2) is 59.5 Å². The van der Waals surface area contributed by atoms with Crippen LogP contribution in [-0.4, -0.2) is 30.1 Å². The average Bonchev–Trinajstić information content (AvgIpc) is 2.64. The molecule has 2 atom stereocenters. The van der Waals surface area contributed by atoms with Gasteiger partial charge in [0.2, 0.25) is 5.91 Å². The molecule has 0 saturated carbocycles. The summed E-state index contributed by atoms with van der Waals surface area (Å²) in [6.45, 7) is 4.20. The minimum atomic E-state index is -0.189. The van der Waals surface area contributed by atoms with E-state index in [0.717, 1.165) is 22.6 Å². The van der Waals surface area contributed by atoms with Crippen molar-refractivity contribution in [1.29, 1.82) is 0 Å². The molecule has 2 aromatic carbocycles. The molecule has 2 amide bonds. The number of carbonyl (C=O) groups is 2. The van der Waals surface area contributed by atoms with E-state index in [2.05, 4.69) is 19.2 Å². The van der Waals surface area contributed by atoms with Crippen LogP contribution in [-0.2, 0) is 4.79 Å². The monoisotopic (exact) mass is 370 g/mol. The molecular weight excluding hydrogens is 344 g/mol. The predicted octanol–water partition coefficient (Wildman–Crippen LogP) is 5.23. The summed E-state index contributed by atoms with van der Waals surface area (Å²) >= 11 is 1.17. The fraction of sp³-hybridized carbons (Fsp3) is 0.333. The van der Waals surface area contributed by atoms with Crippen LogP contribution < -0.4 is 5.32 Å². The number of anilines is 1. The van der Waals surface area contributed by atoms with Crippen molar-refractivity contribution in [3.63, 3.8) is 0 Å². The van der Waals surface area contributed by atoms with E-state index >= 15 is 0 Å². The first kappa shape index (κ1) is 20.0. The minimum Gasteiger partial charge on any atom is -0.339 e. The van der Waals surface area contributed by atoms with Crippen molar-refractivity contribution >= 4 is 28.6 Å². The molecule has 2 unspecified atom stereocenters. The van der Waals surface area contributed by atoms with E-state index in [-0.39, 0.29) is 23.0 Å². The van der Waals surface area contributed by atoms with E-state index < -0.39 is 0 Å². The highest BCUT2D eigenvalue weighted by Crippen LogP contribution is 2.29. The molecule has 4 nitrogen and oxygen atoms in total. The van der Waals surface area contributed by atoms with Crippen molar-refractivity contribution in [2.24, 2.45) is 5.92 Å². The molecule has 0 aliphatic rings. The van der Waals surface area contributed by atoms with Crippen LogP contribution in [0.1, 0.15) is 31.7 Å². The van der Waals surface area contributed by atoms with Crippen LogP contribution in [0.4, 0.5) is 10.5 Å². The molecule has 0 aliphatic carbocycles. The SMILES string of the molecule is CCC(C)C(C(=O)Nc1ccc(SC(=O)N(C)C)cc1)c1ccccc1. The summed E-state index contributed by atoms with van der Waals surface area (Å²) in [5, 5.41) is 2.99. The first-order chi connectivity index (χ1) is 12.4. The molecule has 5 heteroatoms. The van der Waals surface area contributed by atoms with Gasteiger partial charge in [-0.15, -0.1) is 0 Å². The Labute approximate surface area is 160 Å². The van der Waals surface area contributed by atoms with E-state index in [0.29, 0.717) is 0 Å². The normalized spacial score (nSPS) is 12.9. The van der Waals surface area contributed by atoms with Gasteiger partial charge in [0.1, 0.15) is 0 Å². The number of thioether (sulfide) groups is 1. The van der Waals surface area contributed by atoms with Crippen molar-refractivity contribution in [2.45, 2.75) is 31.1 Å². The molecule has 0 bridgehead atoms. The van der Waals surface area contributed by atoms with Gasteiger partial charge in [-0.05, 0) is 47.5 Å². The number of hydrogen-bond donors (Lipinski definition) is 1. The summed E-state index contributed by atoms with van der Waals surface area (Å²) in [7, 11) is 3.45. The highest BCUT2D eigenvalue weighted by atomic mass is 32.2. The van der Waals surface area contributed by atoms with Gasteiger partial charge in [-0.3, -0.25) is 9.59 Å². The van der Waals surface area contributed by atoms with Crippen molar-refractivity contribution in [2.75, 3.05) is 19.4 Å². The van der Waals surface area contributed by atoms with Gasteiger partial charge in [-0.1, -0.05) is 50.6 Å². The number of benzene rings is 2. The summed E-state index contributed by atoms with van der Waals surface area (Å²) in [5.74, 6) is 0.0471. The van der Waals surface area contributed by atoms with Gasteiger partial charge < -0.3 is 10.2 Å². The number of carbonyl (C=O) groups excluding carboxylic acids is 2. The largest absolute Gasteiger partial charge is 0.339 e. The predicted molar refractivity (Wildman–Crippen MR) is 109 cm³/mol. The quantitative estimate of drug-likeness (QED) is 0.709. The van der Waals surface area contributed by atoms with E-state index in [1.807, 2.05) is 54.6 Å². The molecule has 0 aliphatic heterocycles. The van der Waals surface area contributed by atoms with Gasteiger partial charge in [0.25, 0.3) is 5.24 Å². The average molecular weight is 371 g/mol. The minimum absolute atomic E-state index is 0.00433. The molecule has 138 valence electrons. The molecule has 0 saturated heterocycles. The molecular formula is C21H26N2O2S. The van der Waals surface area contributed by atoms with Crippen LogP contribution in [0, 0.1) is 5.92 Å². The van der Waals surface area contributed by atoms with Gasteiger partial charge >= 0.3 is 0 Å². The number of rotatable bonds is 6. The Kier molecular flexibility index (Phi) is 7.27. The third kappa shape index (κ3) is 5.36. The van der Waals surface area contributed by atoms with E-state index in [1.165, 1.54) is 16.7 Å². The zero-order valence-electron chi connectivity index (χ0n) is 15.7. The Morgan fingerprint density at radius 3 is 2.19 bits per heavy atom. The second-order valence-corrected chi connectivity index (χ2v) is 7.57. The summed E-state index contributed by atoms with van der Waals surface area (Å²) < 4.78 is 0. The van der Waals surface area contributed by atoms with Crippen molar-refractivity contribution in [3.8, 4) is 0 Å². The Hall–Kier alpha value is -2.27. The molecule has 0 heterocycles. The summed E-state index contributed by atoms with van der Waals surface area (Å²) in [6.07, 6.45) is 0.926. The highest BCUT2D eigenvalue weighted by Gasteiger charge is 2.25. The van der Waals surface area contributed by atoms with Crippen LogP contribution in [0.3, 0.4) is 0 Å². The van der Waals surface area contributed by atoms with Crippen molar-refractivity contribution in [1.82, 2.24) is 4.90 Å². The molecule has 2 rings (SSSR count). The van der Waals surface area contributed by atoms with Crippen molar-refractivity contribution in [3.05, 3.63) is 60.2 Å². The maximum atomic E-state index is 12.9. The molecule has 26 heavy (non-hydrogen) atoms. The van der Waals surface area contributed by atoms with Gasteiger partial charge in [0.05, 0.1) is 5.92 Å². The first-order valence-corrected chi connectivity index (χ1v) is 9.59. The first-order valence-electron chi connectivity index (χ1n) is 8.77. The zero-order chi connectivity index (χ0) is 19.1. The smallest absolute Gasteiger partial charge is 0.285 e. The third-order valence-electron chi connectivity index (χ3n) is 4.35. The summed E-state index contributed by atoms with van der Waals surface area (Å²) in [4.78, 5) is 27.0. The van der Waals surface area contributed by atoms with Crippen LogP contribution >= 0.6 is 11.8 Å². The maximum absolute atomic E-state index is 12.9. The molecule has 2 aromatic rings. The lowest BCUT2D eigenvalue weighted by molar-refractivity contribution is -0.118.